The second kappa shape index (κ2) is 4.88. The van der Waals surface area contributed by atoms with Crippen LogP contribution in [0.1, 0.15) is 18.9 Å². The maximum atomic E-state index is 12.0. The number of hydrogen-bond donors (Lipinski definition) is 1. The number of nitrogens with zero attached hydrogens (tertiary/aromatic N) is 1. The fraction of sp³-hybridized carbons (Fsp3) is 0.500. The molecule has 1 aromatic heterocycles. The molecule has 1 unspecified atom stereocenters. The molecule has 0 aliphatic heterocycles. The van der Waals surface area contributed by atoms with Crippen LogP contribution in [0.3, 0.4) is 0 Å². The third-order valence-electron chi connectivity index (χ3n) is 1.95. The van der Waals surface area contributed by atoms with Crippen molar-refractivity contribution in [2.75, 3.05) is 5.32 Å². The van der Waals surface area contributed by atoms with Crippen molar-refractivity contribution < 1.29 is 8.78 Å². The summed E-state index contributed by atoms with van der Waals surface area (Å²) in [7, 11) is 0. The number of pyridine rings is 1. The zero-order valence-corrected chi connectivity index (χ0v) is 8.30. The third-order valence-corrected chi connectivity index (χ3v) is 1.95. The topological polar surface area (TPSA) is 24.9 Å². The van der Waals surface area contributed by atoms with Crippen molar-refractivity contribution >= 4 is 5.69 Å². The summed E-state index contributed by atoms with van der Waals surface area (Å²) >= 11 is 0. The Morgan fingerprint density at radius 1 is 1.50 bits per heavy atom. The fourth-order valence-corrected chi connectivity index (χ4v) is 1.23. The molecule has 78 valence electrons. The van der Waals surface area contributed by atoms with Gasteiger partial charge in [0.1, 0.15) is 0 Å². The average Bonchev–Trinajstić information content (AvgIpc) is 2.07. The van der Waals surface area contributed by atoms with Crippen molar-refractivity contribution in [2.45, 2.75) is 32.7 Å². The second-order valence-corrected chi connectivity index (χ2v) is 3.36. The lowest BCUT2D eigenvalue weighted by Gasteiger charge is -2.15. The van der Waals surface area contributed by atoms with Crippen LogP contribution in [0.15, 0.2) is 18.5 Å². The third kappa shape index (κ3) is 3.28. The van der Waals surface area contributed by atoms with Gasteiger partial charge in [-0.05, 0) is 25.5 Å². The molecular weight excluding hydrogens is 186 g/mol. The van der Waals surface area contributed by atoms with Gasteiger partial charge in [-0.15, -0.1) is 0 Å². The van der Waals surface area contributed by atoms with Crippen LogP contribution in [0, 0.1) is 6.92 Å². The Kier molecular flexibility index (Phi) is 3.80. The molecule has 0 spiro atoms. The van der Waals surface area contributed by atoms with E-state index >= 15 is 0 Å². The van der Waals surface area contributed by atoms with E-state index in [4.69, 9.17) is 0 Å². The van der Waals surface area contributed by atoms with E-state index in [0.717, 1.165) is 11.3 Å². The van der Waals surface area contributed by atoms with E-state index in [2.05, 4.69) is 10.3 Å². The molecule has 0 fully saturated rings. The van der Waals surface area contributed by atoms with Gasteiger partial charge in [0.15, 0.2) is 0 Å². The number of halogens is 2. The maximum Gasteiger partial charge on any atom is 0.240 e. The predicted octanol–water partition coefficient (Wildman–Crippen LogP) is 2.85. The molecule has 0 aromatic carbocycles. The number of aryl methyl sites for hydroxylation is 1. The molecule has 0 aliphatic rings. The average molecular weight is 200 g/mol. The minimum atomic E-state index is -2.26. The first-order valence-electron chi connectivity index (χ1n) is 4.55. The van der Waals surface area contributed by atoms with E-state index in [-0.39, 0.29) is 12.5 Å². The number of nitrogens with one attached hydrogen (secondary N) is 1. The molecule has 0 saturated heterocycles. The number of aromatic nitrogens is 1. The second-order valence-electron chi connectivity index (χ2n) is 3.36. The summed E-state index contributed by atoms with van der Waals surface area (Å²) in [6, 6.07) is 1.56. The van der Waals surface area contributed by atoms with Gasteiger partial charge < -0.3 is 5.32 Å². The molecular formula is C10H14F2N2. The highest BCUT2D eigenvalue weighted by Gasteiger charge is 2.10. The Bertz CT molecular complexity index is 289. The van der Waals surface area contributed by atoms with E-state index < -0.39 is 6.43 Å². The van der Waals surface area contributed by atoms with Gasteiger partial charge in [0.2, 0.25) is 6.43 Å². The van der Waals surface area contributed by atoms with Gasteiger partial charge in [-0.3, -0.25) is 4.98 Å². The number of hydrogen-bond acceptors (Lipinski definition) is 2. The van der Waals surface area contributed by atoms with Crippen LogP contribution in [-0.2, 0) is 0 Å². The summed E-state index contributed by atoms with van der Waals surface area (Å²) in [6.07, 6.45) is 0.948. The largest absolute Gasteiger partial charge is 0.382 e. The first kappa shape index (κ1) is 10.9. The Balaban J connectivity index is 2.56. The Hall–Kier alpha value is -1.19. The van der Waals surface area contributed by atoms with Crippen molar-refractivity contribution in [1.29, 1.82) is 0 Å². The predicted molar refractivity (Wildman–Crippen MR) is 52.7 cm³/mol. The lowest BCUT2D eigenvalue weighted by Crippen LogP contribution is -2.18. The molecule has 14 heavy (non-hydrogen) atoms. The van der Waals surface area contributed by atoms with Gasteiger partial charge in [-0.25, -0.2) is 8.78 Å². The van der Waals surface area contributed by atoms with Gasteiger partial charge >= 0.3 is 0 Å². The van der Waals surface area contributed by atoms with E-state index in [1.165, 1.54) is 0 Å². The highest BCUT2D eigenvalue weighted by molar-refractivity contribution is 5.49. The molecule has 1 heterocycles. The summed E-state index contributed by atoms with van der Waals surface area (Å²) in [5.41, 5.74) is 1.83. The van der Waals surface area contributed by atoms with E-state index in [9.17, 15) is 8.78 Å². The van der Waals surface area contributed by atoms with Crippen molar-refractivity contribution in [3.8, 4) is 0 Å². The van der Waals surface area contributed by atoms with Crippen LogP contribution in [0.25, 0.3) is 0 Å². The maximum absolute atomic E-state index is 12.0. The summed E-state index contributed by atoms with van der Waals surface area (Å²) in [5, 5.41) is 3.02. The molecule has 0 radical (unpaired) electrons. The van der Waals surface area contributed by atoms with E-state index in [0.29, 0.717) is 0 Å². The van der Waals surface area contributed by atoms with Gasteiger partial charge in [0.05, 0.1) is 0 Å². The first-order valence-corrected chi connectivity index (χ1v) is 4.55. The van der Waals surface area contributed by atoms with E-state index in [1.54, 1.807) is 25.4 Å². The smallest absolute Gasteiger partial charge is 0.240 e. The molecule has 2 nitrogen and oxygen atoms in total. The molecule has 1 aromatic rings. The van der Waals surface area contributed by atoms with Crippen LogP contribution in [0.2, 0.25) is 0 Å². The van der Waals surface area contributed by atoms with Crippen LogP contribution in [-0.4, -0.2) is 17.5 Å². The Morgan fingerprint density at radius 2 is 2.21 bits per heavy atom. The number of alkyl halides is 2. The standard InChI is InChI=1S/C10H14F2N2/c1-7-6-13-4-3-9(7)14-8(2)5-10(11)12/h3-4,6,8,10H,5H2,1-2H3,(H,13,14). The summed E-state index contributed by atoms with van der Waals surface area (Å²) in [5.74, 6) is 0. The van der Waals surface area contributed by atoms with Crippen molar-refractivity contribution in [2.24, 2.45) is 0 Å². The molecule has 1 N–H and O–H groups in total. The SMILES string of the molecule is Cc1cnccc1NC(C)CC(F)F. The molecule has 1 atom stereocenters. The van der Waals surface area contributed by atoms with Crippen LogP contribution >= 0.6 is 0 Å². The van der Waals surface area contributed by atoms with Crippen molar-refractivity contribution in [3.05, 3.63) is 24.0 Å². The molecule has 0 amide bonds. The number of rotatable bonds is 4. The van der Waals surface area contributed by atoms with Crippen LogP contribution < -0.4 is 5.32 Å². The van der Waals surface area contributed by atoms with Gasteiger partial charge in [-0.2, -0.15) is 0 Å². The first-order chi connectivity index (χ1) is 6.59. The molecule has 1 rings (SSSR count). The highest BCUT2D eigenvalue weighted by Crippen LogP contribution is 2.15. The van der Waals surface area contributed by atoms with Gasteiger partial charge in [0, 0.05) is 30.5 Å². The lowest BCUT2D eigenvalue weighted by molar-refractivity contribution is 0.133. The van der Waals surface area contributed by atoms with Crippen LogP contribution in [0.4, 0.5) is 14.5 Å². The zero-order chi connectivity index (χ0) is 10.6. The minimum absolute atomic E-state index is 0.137. The zero-order valence-electron chi connectivity index (χ0n) is 8.30. The van der Waals surface area contributed by atoms with Crippen molar-refractivity contribution in [1.82, 2.24) is 4.98 Å². The summed E-state index contributed by atoms with van der Waals surface area (Å²) in [6.45, 7) is 3.64. The van der Waals surface area contributed by atoms with Crippen molar-refractivity contribution in [3.63, 3.8) is 0 Å². The fourth-order valence-electron chi connectivity index (χ4n) is 1.23. The Labute approximate surface area is 82.4 Å². The van der Waals surface area contributed by atoms with Gasteiger partial charge in [0.25, 0.3) is 0 Å². The highest BCUT2D eigenvalue weighted by atomic mass is 19.3. The number of anilines is 1. The van der Waals surface area contributed by atoms with Gasteiger partial charge in [-0.1, -0.05) is 0 Å². The normalized spacial score (nSPS) is 12.9. The molecule has 0 aliphatic carbocycles. The summed E-state index contributed by atoms with van der Waals surface area (Å²) < 4.78 is 24.1. The monoisotopic (exact) mass is 200 g/mol. The van der Waals surface area contributed by atoms with Crippen LogP contribution in [0.5, 0.6) is 0 Å². The Morgan fingerprint density at radius 3 is 2.79 bits per heavy atom. The minimum Gasteiger partial charge on any atom is -0.382 e. The molecule has 0 bridgehead atoms. The lowest BCUT2D eigenvalue weighted by atomic mass is 10.2. The van der Waals surface area contributed by atoms with E-state index in [1.807, 2.05) is 6.92 Å². The molecule has 0 saturated carbocycles. The molecule has 4 heteroatoms. The quantitative estimate of drug-likeness (QED) is 0.808. The summed E-state index contributed by atoms with van der Waals surface area (Å²) in [4.78, 5) is 3.92.